The zero-order valence-corrected chi connectivity index (χ0v) is 10.9. The molecule has 0 amide bonds. The van der Waals surface area contributed by atoms with Gasteiger partial charge in [-0.25, -0.2) is 4.39 Å². The van der Waals surface area contributed by atoms with Crippen LogP contribution in [0.5, 0.6) is 0 Å². The molecule has 20 heavy (non-hydrogen) atoms. The molecule has 0 bridgehead atoms. The van der Waals surface area contributed by atoms with Crippen LogP contribution in [0.1, 0.15) is 11.1 Å². The van der Waals surface area contributed by atoms with Crippen molar-refractivity contribution in [3.05, 3.63) is 64.9 Å². The van der Waals surface area contributed by atoms with Gasteiger partial charge in [0.1, 0.15) is 5.82 Å². The van der Waals surface area contributed by atoms with Gasteiger partial charge in [-0.3, -0.25) is 0 Å². The summed E-state index contributed by atoms with van der Waals surface area (Å²) < 4.78 is 52.4. The zero-order chi connectivity index (χ0) is 14.9. The van der Waals surface area contributed by atoms with E-state index in [1.54, 1.807) is 6.07 Å². The Bertz CT molecular complexity index is 659. The molecule has 0 aliphatic rings. The quantitative estimate of drug-likeness (QED) is 0.614. The summed E-state index contributed by atoms with van der Waals surface area (Å²) in [5, 5.41) is -0.419. The maximum atomic E-state index is 13.9. The van der Waals surface area contributed by atoms with Crippen molar-refractivity contribution in [2.45, 2.75) is 6.18 Å². The largest absolute Gasteiger partial charge is 0.417 e. The number of benzene rings is 2. The van der Waals surface area contributed by atoms with Crippen molar-refractivity contribution in [2.75, 3.05) is 0 Å². The van der Waals surface area contributed by atoms with E-state index in [0.29, 0.717) is 5.56 Å². The Kier molecular flexibility index (Phi) is 3.86. The third-order valence-corrected chi connectivity index (χ3v) is 3.16. The Morgan fingerprint density at radius 1 is 1.10 bits per heavy atom. The summed E-state index contributed by atoms with van der Waals surface area (Å²) in [7, 11) is 0. The lowest BCUT2D eigenvalue weighted by atomic mass is 9.97. The van der Waals surface area contributed by atoms with Crippen LogP contribution in [0, 0.1) is 5.82 Å². The Labute approximate surface area is 118 Å². The van der Waals surface area contributed by atoms with Gasteiger partial charge >= 0.3 is 6.18 Å². The SMILES string of the molecule is C=Cc1cccc(F)c1-c1ccc(Cl)c(C(F)(F)F)c1. The van der Waals surface area contributed by atoms with Gasteiger partial charge in [0, 0.05) is 5.56 Å². The molecule has 0 fully saturated rings. The molecule has 0 aromatic heterocycles. The second kappa shape index (κ2) is 5.29. The highest BCUT2D eigenvalue weighted by Gasteiger charge is 2.33. The predicted octanol–water partition coefficient (Wildman–Crippen LogP) is 5.81. The standard InChI is InChI=1S/C15H9ClF4/c1-2-9-4-3-5-13(17)14(9)10-6-7-12(16)11(8-10)15(18,19)20/h2-8H,1H2. The van der Waals surface area contributed by atoms with Gasteiger partial charge in [-0.15, -0.1) is 0 Å². The number of halogens is 5. The van der Waals surface area contributed by atoms with E-state index in [2.05, 4.69) is 6.58 Å². The highest BCUT2D eigenvalue weighted by Crippen LogP contribution is 2.38. The number of hydrogen-bond acceptors (Lipinski definition) is 0. The minimum absolute atomic E-state index is 0.0738. The molecular weight excluding hydrogens is 292 g/mol. The van der Waals surface area contributed by atoms with Crippen LogP contribution in [0.3, 0.4) is 0 Å². The van der Waals surface area contributed by atoms with Crippen molar-refractivity contribution in [1.82, 2.24) is 0 Å². The molecule has 0 aliphatic carbocycles. The van der Waals surface area contributed by atoms with Gasteiger partial charge < -0.3 is 0 Å². The summed E-state index contributed by atoms with van der Waals surface area (Å²) >= 11 is 5.55. The normalized spacial score (nSPS) is 11.4. The highest BCUT2D eigenvalue weighted by molar-refractivity contribution is 6.31. The Hall–Kier alpha value is -1.81. The second-order valence-electron chi connectivity index (χ2n) is 4.10. The Morgan fingerprint density at radius 3 is 2.40 bits per heavy atom. The molecule has 0 saturated carbocycles. The fraction of sp³-hybridized carbons (Fsp3) is 0.0667. The molecule has 0 atom stereocenters. The van der Waals surface area contributed by atoms with E-state index in [1.165, 1.54) is 24.3 Å². The van der Waals surface area contributed by atoms with Gasteiger partial charge in [-0.05, 0) is 29.3 Å². The second-order valence-corrected chi connectivity index (χ2v) is 4.51. The topological polar surface area (TPSA) is 0 Å². The van der Waals surface area contributed by atoms with E-state index in [0.717, 1.165) is 12.1 Å². The Balaban J connectivity index is 2.69. The summed E-state index contributed by atoms with van der Waals surface area (Å²) in [6.45, 7) is 3.53. The molecule has 0 nitrogen and oxygen atoms in total. The maximum absolute atomic E-state index is 13.9. The summed E-state index contributed by atoms with van der Waals surface area (Å²) in [5.41, 5.74) is -0.394. The van der Waals surface area contributed by atoms with Gasteiger partial charge in [0.2, 0.25) is 0 Å². The molecule has 2 aromatic carbocycles. The van der Waals surface area contributed by atoms with Crippen molar-refractivity contribution in [2.24, 2.45) is 0 Å². The third-order valence-electron chi connectivity index (χ3n) is 2.83. The Morgan fingerprint density at radius 2 is 1.80 bits per heavy atom. The summed E-state index contributed by atoms with van der Waals surface area (Å²) in [6, 6.07) is 7.53. The van der Waals surface area contributed by atoms with E-state index in [4.69, 9.17) is 11.6 Å². The first-order valence-electron chi connectivity index (χ1n) is 5.62. The van der Waals surface area contributed by atoms with Crippen molar-refractivity contribution in [1.29, 1.82) is 0 Å². The predicted molar refractivity (Wildman–Crippen MR) is 71.9 cm³/mol. The lowest BCUT2D eigenvalue weighted by molar-refractivity contribution is -0.137. The number of rotatable bonds is 2. The average molecular weight is 301 g/mol. The summed E-state index contributed by atoms with van der Waals surface area (Å²) in [4.78, 5) is 0. The molecule has 0 saturated heterocycles. The molecule has 0 radical (unpaired) electrons. The van der Waals surface area contributed by atoms with Crippen LogP contribution in [-0.2, 0) is 6.18 Å². The van der Waals surface area contributed by atoms with Crippen LogP contribution < -0.4 is 0 Å². The molecule has 0 N–H and O–H groups in total. The van der Waals surface area contributed by atoms with E-state index < -0.39 is 22.6 Å². The van der Waals surface area contributed by atoms with E-state index in [-0.39, 0.29) is 11.1 Å². The number of hydrogen-bond donors (Lipinski definition) is 0. The van der Waals surface area contributed by atoms with Crippen molar-refractivity contribution in [3.63, 3.8) is 0 Å². The van der Waals surface area contributed by atoms with Gasteiger partial charge in [0.15, 0.2) is 0 Å². The molecule has 0 aliphatic heterocycles. The fourth-order valence-corrected chi connectivity index (χ4v) is 2.14. The van der Waals surface area contributed by atoms with Crippen LogP contribution in [-0.4, -0.2) is 0 Å². The highest BCUT2D eigenvalue weighted by atomic mass is 35.5. The molecule has 0 unspecified atom stereocenters. The maximum Gasteiger partial charge on any atom is 0.417 e. The summed E-state index contributed by atoms with van der Waals surface area (Å²) in [6.07, 6.45) is -3.20. The van der Waals surface area contributed by atoms with E-state index in [9.17, 15) is 17.6 Å². The number of alkyl halides is 3. The first-order valence-corrected chi connectivity index (χ1v) is 6.00. The van der Waals surface area contributed by atoms with Crippen LogP contribution in [0.2, 0.25) is 5.02 Å². The fourth-order valence-electron chi connectivity index (χ4n) is 1.91. The summed E-state index contributed by atoms with van der Waals surface area (Å²) in [5.74, 6) is -0.613. The molecule has 2 aromatic rings. The lowest BCUT2D eigenvalue weighted by Crippen LogP contribution is -2.06. The smallest absolute Gasteiger partial charge is 0.206 e. The zero-order valence-electron chi connectivity index (χ0n) is 10.1. The van der Waals surface area contributed by atoms with Gasteiger partial charge in [0.05, 0.1) is 10.6 Å². The van der Waals surface area contributed by atoms with Crippen molar-refractivity contribution in [3.8, 4) is 11.1 Å². The minimum atomic E-state index is -4.59. The molecule has 0 spiro atoms. The van der Waals surface area contributed by atoms with Crippen LogP contribution in [0.4, 0.5) is 17.6 Å². The first-order chi connectivity index (χ1) is 9.34. The molecule has 104 valence electrons. The molecule has 0 heterocycles. The molecule has 5 heteroatoms. The van der Waals surface area contributed by atoms with Gasteiger partial charge in [0.25, 0.3) is 0 Å². The van der Waals surface area contributed by atoms with Crippen molar-refractivity contribution >= 4 is 17.7 Å². The van der Waals surface area contributed by atoms with E-state index >= 15 is 0 Å². The van der Waals surface area contributed by atoms with Crippen LogP contribution in [0.25, 0.3) is 17.2 Å². The van der Waals surface area contributed by atoms with E-state index in [1.807, 2.05) is 0 Å². The van der Waals surface area contributed by atoms with Gasteiger partial charge in [-0.2, -0.15) is 13.2 Å². The third kappa shape index (κ3) is 2.70. The van der Waals surface area contributed by atoms with Crippen LogP contribution >= 0.6 is 11.6 Å². The first kappa shape index (κ1) is 14.6. The lowest BCUT2D eigenvalue weighted by Gasteiger charge is -2.13. The molecular formula is C15H9ClF4. The monoisotopic (exact) mass is 300 g/mol. The van der Waals surface area contributed by atoms with Gasteiger partial charge in [-0.1, -0.05) is 42.5 Å². The van der Waals surface area contributed by atoms with Crippen LogP contribution in [0.15, 0.2) is 43.0 Å². The average Bonchev–Trinajstić information content (AvgIpc) is 2.38. The van der Waals surface area contributed by atoms with Crippen molar-refractivity contribution < 1.29 is 17.6 Å². The minimum Gasteiger partial charge on any atom is -0.206 e. The molecule has 2 rings (SSSR count).